The summed E-state index contributed by atoms with van der Waals surface area (Å²) in [5.74, 6) is -1.62. The highest BCUT2D eigenvalue weighted by atomic mass is 35.5. The fraction of sp³-hybridized carbons (Fsp3) is 0.154. The number of carbonyl (C=O) groups excluding carboxylic acids is 2. The van der Waals surface area contributed by atoms with E-state index in [-0.39, 0.29) is 29.4 Å². The van der Waals surface area contributed by atoms with Gasteiger partial charge in [-0.15, -0.1) is 0 Å². The summed E-state index contributed by atoms with van der Waals surface area (Å²) in [6.07, 6.45) is 0. The van der Waals surface area contributed by atoms with Gasteiger partial charge in [0.25, 0.3) is 11.7 Å². The number of phenols is 1. The molecule has 1 atom stereocenters. The van der Waals surface area contributed by atoms with Gasteiger partial charge in [0.2, 0.25) is 0 Å². The first-order chi connectivity index (χ1) is 15.9. The summed E-state index contributed by atoms with van der Waals surface area (Å²) in [6, 6.07) is 19.4. The Balaban J connectivity index is 1.88. The van der Waals surface area contributed by atoms with Crippen LogP contribution in [0.5, 0.6) is 11.5 Å². The molecule has 0 aromatic heterocycles. The molecule has 1 aliphatic rings. The summed E-state index contributed by atoms with van der Waals surface area (Å²) >= 11 is 5.96. The standard InChI is InChI=1S/C26H22ClNO5/c1-2-33-21-14-18(10-13-20(21)29)23-22(24(30)17-8-11-19(27)12-9-17)25(31)26(32)28(23)15-16-6-4-3-5-7-16/h3-14,23,29-30H,2,15H2,1H3. The van der Waals surface area contributed by atoms with Crippen molar-refractivity contribution in [1.82, 2.24) is 4.90 Å². The van der Waals surface area contributed by atoms with Gasteiger partial charge in [-0.3, -0.25) is 9.59 Å². The number of likely N-dealkylation sites (tertiary alicyclic amines) is 1. The van der Waals surface area contributed by atoms with Crippen LogP contribution in [0.2, 0.25) is 5.02 Å². The van der Waals surface area contributed by atoms with Crippen molar-refractivity contribution in [1.29, 1.82) is 0 Å². The first-order valence-electron chi connectivity index (χ1n) is 10.4. The van der Waals surface area contributed by atoms with E-state index in [9.17, 15) is 19.8 Å². The lowest BCUT2D eigenvalue weighted by molar-refractivity contribution is -0.140. The SMILES string of the molecule is CCOc1cc(C2C(=C(O)c3ccc(Cl)cc3)C(=O)C(=O)N2Cc2ccccc2)ccc1O. The van der Waals surface area contributed by atoms with Crippen LogP contribution in [0.4, 0.5) is 0 Å². The van der Waals surface area contributed by atoms with Gasteiger partial charge in [0, 0.05) is 17.1 Å². The predicted octanol–water partition coefficient (Wildman–Crippen LogP) is 5.07. The molecule has 168 valence electrons. The van der Waals surface area contributed by atoms with Gasteiger partial charge in [0.1, 0.15) is 5.76 Å². The maximum atomic E-state index is 13.1. The van der Waals surface area contributed by atoms with Gasteiger partial charge >= 0.3 is 0 Å². The van der Waals surface area contributed by atoms with Crippen molar-refractivity contribution < 1.29 is 24.5 Å². The minimum Gasteiger partial charge on any atom is -0.507 e. The minimum atomic E-state index is -0.874. The normalized spacial score (nSPS) is 17.4. The highest BCUT2D eigenvalue weighted by molar-refractivity contribution is 6.46. The van der Waals surface area contributed by atoms with Crippen molar-refractivity contribution in [2.75, 3.05) is 6.61 Å². The minimum absolute atomic E-state index is 0.0357. The van der Waals surface area contributed by atoms with E-state index >= 15 is 0 Å². The Bertz CT molecular complexity index is 1220. The van der Waals surface area contributed by atoms with E-state index < -0.39 is 17.7 Å². The molecule has 0 aliphatic carbocycles. The number of ketones is 1. The Labute approximate surface area is 196 Å². The second-order valence-corrected chi connectivity index (χ2v) is 8.02. The number of aliphatic hydroxyl groups is 1. The van der Waals surface area contributed by atoms with Gasteiger partial charge in [0.05, 0.1) is 18.2 Å². The smallest absolute Gasteiger partial charge is 0.295 e. The molecule has 0 spiro atoms. The van der Waals surface area contributed by atoms with Crippen molar-refractivity contribution in [3.05, 3.63) is 100 Å². The molecule has 7 heteroatoms. The first-order valence-corrected chi connectivity index (χ1v) is 10.8. The third-order valence-corrected chi connectivity index (χ3v) is 5.70. The molecule has 0 saturated carbocycles. The summed E-state index contributed by atoms with van der Waals surface area (Å²) in [6.45, 7) is 2.28. The van der Waals surface area contributed by atoms with E-state index in [0.29, 0.717) is 22.8 Å². The lowest BCUT2D eigenvalue weighted by atomic mass is 9.95. The zero-order chi connectivity index (χ0) is 23.5. The number of benzene rings is 3. The number of hydrogen-bond acceptors (Lipinski definition) is 5. The summed E-state index contributed by atoms with van der Waals surface area (Å²) in [4.78, 5) is 27.7. The number of rotatable bonds is 6. The molecule has 1 fully saturated rings. The molecule has 1 heterocycles. The second kappa shape index (κ2) is 9.38. The summed E-state index contributed by atoms with van der Waals surface area (Å²) in [7, 11) is 0. The number of hydrogen-bond donors (Lipinski definition) is 2. The second-order valence-electron chi connectivity index (χ2n) is 7.58. The molecule has 1 amide bonds. The molecule has 1 aliphatic heterocycles. The molecule has 3 aromatic rings. The topological polar surface area (TPSA) is 87.1 Å². The number of nitrogens with zero attached hydrogens (tertiary/aromatic N) is 1. The fourth-order valence-corrected chi connectivity index (χ4v) is 4.03. The van der Waals surface area contributed by atoms with Gasteiger partial charge in [-0.25, -0.2) is 0 Å². The molecule has 33 heavy (non-hydrogen) atoms. The maximum Gasteiger partial charge on any atom is 0.295 e. The quantitative estimate of drug-likeness (QED) is 0.303. The third kappa shape index (κ3) is 4.43. The largest absolute Gasteiger partial charge is 0.507 e. The number of aliphatic hydroxyl groups excluding tert-OH is 1. The third-order valence-electron chi connectivity index (χ3n) is 5.45. The Morgan fingerprint density at radius 3 is 2.39 bits per heavy atom. The molecule has 1 unspecified atom stereocenters. The van der Waals surface area contributed by atoms with Crippen LogP contribution in [-0.4, -0.2) is 33.4 Å². The van der Waals surface area contributed by atoms with E-state index in [1.54, 1.807) is 43.3 Å². The zero-order valence-electron chi connectivity index (χ0n) is 17.9. The van der Waals surface area contributed by atoms with E-state index in [2.05, 4.69) is 0 Å². The van der Waals surface area contributed by atoms with Crippen LogP contribution in [0.3, 0.4) is 0 Å². The Hall–Kier alpha value is -3.77. The number of amides is 1. The summed E-state index contributed by atoms with van der Waals surface area (Å²) < 4.78 is 5.51. The van der Waals surface area contributed by atoms with Gasteiger partial charge < -0.3 is 19.8 Å². The van der Waals surface area contributed by atoms with Crippen LogP contribution in [-0.2, 0) is 16.1 Å². The predicted molar refractivity (Wildman–Crippen MR) is 125 cm³/mol. The van der Waals surface area contributed by atoms with E-state index in [1.807, 2.05) is 30.3 Å². The van der Waals surface area contributed by atoms with Crippen LogP contribution in [0, 0.1) is 0 Å². The van der Waals surface area contributed by atoms with Crippen LogP contribution in [0.25, 0.3) is 5.76 Å². The van der Waals surface area contributed by atoms with Crippen molar-refractivity contribution in [2.45, 2.75) is 19.5 Å². The van der Waals surface area contributed by atoms with Crippen molar-refractivity contribution in [2.24, 2.45) is 0 Å². The molecule has 3 aromatic carbocycles. The molecular formula is C26H22ClNO5. The Kier molecular flexibility index (Phi) is 6.38. The van der Waals surface area contributed by atoms with Crippen LogP contribution >= 0.6 is 11.6 Å². The average molecular weight is 464 g/mol. The lowest BCUT2D eigenvalue weighted by Crippen LogP contribution is -2.29. The van der Waals surface area contributed by atoms with Crippen molar-refractivity contribution in [3.8, 4) is 11.5 Å². The average Bonchev–Trinajstić information content (AvgIpc) is 3.06. The van der Waals surface area contributed by atoms with Gasteiger partial charge in [-0.1, -0.05) is 48.0 Å². The van der Waals surface area contributed by atoms with Crippen LogP contribution in [0.15, 0.2) is 78.4 Å². The highest BCUT2D eigenvalue weighted by Gasteiger charge is 2.46. The first kappa shape index (κ1) is 22.4. The van der Waals surface area contributed by atoms with Crippen molar-refractivity contribution in [3.63, 3.8) is 0 Å². The van der Waals surface area contributed by atoms with E-state index in [4.69, 9.17) is 16.3 Å². The van der Waals surface area contributed by atoms with Gasteiger partial charge in [-0.05, 0) is 54.4 Å². The monoisotopic (exact) mass is 463 g/mol. The van der Waals surface area contributed by atoms with E-state index in [0.717, 1.165) is 5.56 Å². The molecule has 0 radical (unpaired) electrons. The van der Waals surface area contributed by atoms with Crippen molar-refractivity contribution >= 4 is 29.1 Å². The molecule has 4 rings (SSSR count). The van der Waals surface area contributed by atoms with Gasteiger partial charge in [-0.2, -0.15) is 0 Å². The summed E-state index contributed by atoms with van der Waals surface area (Å²) in [5, 5.41) is 21.7. The molecule has 1 saturated heterocycles. The number of halogens is 1. The lowest BCUT2D eigenvalue weighted by Gasteiger charge is -2.26. The summed E-state index contributed by atoms with van der Waals surface area (Å²) in [5.41, 5.74) is 1.69. The van der Waals surface area contributed by atoms with Crippen LogP contribution < -0.4 is 4.74 Å². The molecular weight excluding hydrogens is 442 g/mol. The number of aromatic hydroxyl groups is 1. The fourth-order valence-electron chi connectivity index (χ4n) is 3.90. The van der Waals surface area contributed by atoms with Crippen LogP contribution in [0.1, 0.15) is 29.7 Å². The van der Waals surface area contributed by atoms with Gasteiger partial charge in [0.15, 0.2) is 11.5 Å². The number of ether oxygens (including phenoxy) is 1. The Morgan fingerprint density at radius 2 is 1.73 bits per heavy atom. The number of carbonyl (C=O) groups is 2. The molecule has 0 bridgehead atoms. The highest BCUT2D eigenvalue weighted by Crippen LogP contribution is 2.42. The number of phenolic OH excluding ortho intramolecular Hbond substituents is 1. The van der Waals surface area contributed by atoms with E-state index in [1.165, 1.54) is 11.0 Å². The Morgan fingerprint density at radius 1 is 1.03 bits per heavy atom. The number of Topliss-reactive ketones (excluding diaryl/α,β-unsaturated/α-hetero) is 1. The zero-order valence-corrected chi connectivity index (χ0v) is 18.6. The molecule has 2 N–H and O–H groups in total. The molecule has 6 nitrogen and oxygen atoms in total. The maximum absolute atomic E-state index is 13.1.